The average Bonchev–Trinajstić information content (AvgIpc) is 2.03. The molecule has 76 valence electrons. The van der Waals surface area contributed by atoms with Gasteiger partial charge in [0.05, 0.1) is 5.76 Å². The van der Waals surface area contributed by atoms with E-state index in [1.54, 1.807) is 0 Å². The van der Waals surface area contributed by atoms with Gasteiger partial charge in [-0.05, 0) is 31.8 Å². The Morgan fingerprint density at radius 1 is 1.62 bits per heavy atom. The number of rotatable bonds is 3. The first kappa shape index (κ1) is 10.6. The topological polar surface area (TPSA) is 18.5 Å². The first-order valence-corrected chi connectivity index (χ1v) is 5.10. The third-order valence-electron chi connectivity index (χ3n) is 2.44. The van der Waals surface area contributed by atoms with Crippen molar-refractivity contribution < 1.29 is 9.47 Å². The summed E-state index contributed by atoms with van der Waals surface area (Å²) in [4.78, 5) is 0. The van der Waals surface area contributed by atoms with Crippen molar-refractivity contribution in [1.82, 2.24) is 0 Å². The van der Waals surface area contributed by atoms with Gasteiger partial charge in [0.25, 0.3) is 0 Å². The predicted molar refractivity (Wildman–Crippen MR) is 53.2 cm³/mol. The van der Waals surface area contributed by atoms with Gasteiger partial charge in [-0.15, -0.1) is 0 Å². The van der Waals surface area contributed by atoms with E-state index in [0.717, 1.165) is 18.8 Å². The summed E-state index contributed by atoms with van der Waals surface area (Å²) in [5.74, 6) is 2.27. The highest BCUT2D eigenvalue weighted by Gasteiger charge is 2.23. The van der Waals surface area contributed by atoms with E-state index in [0.29, 0.717) is 11.8 Å². The molecule has 0 radical (unpaired) electrons. The molecule has 0 aromatic carbocycles. The Morgan fingerprint density at radius 2 is 2.31 bits per heavy atom. The summed E-state index contributed by atoms with van der Waals surface area (Å²) >= 11 is 0. The maximum absolute atomic E-state index is 5.55. The van der Waals surface area contributed by atoms with Crippen LogP contribution in [0.2, 0.25) is 0 Å². The van der Waals surface area contributed by atoms with Crippen LogP contribution in [-0.4, -0.2) is 12.9 Å². The molecule has 0 fully saturated rings. The first-order chi connectivity index (χ1) is 6.13. The van der Waals surface area contributed by atoms with Crippen molar-refractivity contribution in [2.45, 2.75) is 40.4 Å². The predicted octanol–water partition coefficient (Wildman–Crippen LogP) is 2.95. The Balaban J connectivity index is 2.55. The van der Waals surface area contributed by atoms with Crippen LogP contribution in [-0.2, 0) is 9.47 Å². The van der Waals surface area contributed by atoms with E-state index < -0.39 is 0 Å². The first-order valence-electron chi connectivity index (χ1n) is 5.10. The number of hydrogen-bond acceptors (Lipinski definition) is 2. The highest BCUT2D eigenvalue weighted by molar-refractivity contribution is 4.99. The largest absolute Gasteiger partial charge is 0.470 e. The molecule has 1 heterocycles. The summed E-state index contributed by atoms with van der Waals surface area (Å²) in [5.41, 5.74) is 0. The summed E-state index contributed by atoms with van der Waals surface area (Å²) < 4.78 is 11.0. The lowest BCUT2D eigenvalue weighted by molar-refractivity contribution is -0.132. The minimum atomic E-state index is -0.0256. The Bertz CT molecular complexity index is 185. The van der Waals surface area contributed by atoms with Crippen LogP contribution in [0.1, 0.15) is 34.1 Å². The fourth-order valence-corrected chi connectivity index (χ4v) is 1.64. The zero-order valence-electron chi connectivity index (χ0n) is 9.04. The van der Waals surface area contributed by atoms with Crippen LogP contribution < -0.4 is 0 Å². The van der Waals surface area contributed by atoms with E-state index >= 15 is 0 Å². The van der Waals surface area contributed by atoms with Crippen LogP contribution in [0.5, 0.6) is 0 Å². The quantitative estimate of drug-likeness (QED) is 0.671. The molecule has 0 bridgehead atoms. The Hall–Kier alpha value is -0.500. The lowest BCUT2D eigenvalue weighted by Gasteiger charge is -2.30. The van der Waals surface area contributed by atoms with Gasteiger partial charge in [0.2, 0.25) is 0 Å². The van der Waals surface area contributed by atoms with E-state index in [1.165, 1.54) is 0 Å². The normalized spacial score (nSPS) is 28.5. The molecule has 2 nitrogen and oxygen atoms in total. The smallest absolute Gasteiger partial charge is 0.199 e. The second-order valence-electron chi connectivity index (χ2n) is 3.92. The van der Waals surface area contributed by atoms with Crippen molar-refractivity contribution in [3.8, 4) is 0 Å². The maximum Gasteiger partial charge on any atom is 0.199 e. The van der Waals surface area contributed by atoms with Crippen LogP contribution in [0.4, 0.5) is 0 Å². The fraction of sp³-hybridized carbons (Fsp3) is 0.818. The van der Waals surface area contributed by atoms with Gasteiger partial charge >= 0.3 is 0 Å². The summed E-state index contributed by atoms with van der Waals surface area (Å²) in [5, 5.41) is 0. The molecule has 1 rings (SSSR count). The standard InChI is InChI=1S/C11H20O2/c1-5-12-11-7-10(8(2)3)6-9(4)13-11/h6,8,10-11H,5,7H2,1-4H3/t10-,11+/m1/s1. The number of ether oxygens (including phenoxy) is 2. The van der Waals surface area contributed by atoms with Gasteiger partial charge in [-0.2, -0.15) is 0 Å². The van der Waals surface area contributed by atoms with Crippen molar-refractivity contribution in [2.24, 2.45) is 11.8 Å². The van der Waals surface area contributed by atoms with E-state index in [4.69, 9.17) is 9.47 Å². The zero-order valence-corrected chi connectivity index (χ0v) is 9.04. The Labute approximate surface area is 80.9 Å². The van der Waals surface area contributed by atoms with Crippen molar-refractivity contribution in [2.75, 3.05) is 6.61 Å². The fourth-order valence-electron chi connectivity index (χ4n) is 1.64. The van der Waals surface area contributed by atoms with Gasteiger partial charge in [-0.3, -0.25) is 0 Å². The highest BCUT2D eigenvalue weighted by Crippen LogP contribution is 2.27. The molecule has 2 heteroatoms. The average molecular weight is 184 g/mol. The van der Waals surface area contributed by atoms with Gasteiger partial charge in [-0.25, -0.2) is 0 Å². The van der Waals surface area contributed by atoms with Crippen LogP contribution in [0.15, 0.2) is 11.8 Å². The molecule has 0 unspecified atom stereocenters. The van der Waals surface area contributed by atoms with Crippen molar-refractivity contribution in [3.63, 3.8) is 0 Å². The number of hydrogen-bond donors (Lipinski definition) is 0. The molecular weight excluding hydrogens is 164 g/mol. The monoisotopic (exact) mass is 184 g/mol. The third-order valence-corrected chi connectivity index (χ3v) is 2.44. The van der Waals surface area contributed by atoms with Crippen LogP contribution >= 0.6 is 0 Å². The minimum absolute atomic E-state index is 0.0256. The summed E-state index contributed by atoms with van der Waals surface area (Å²) in [6.07, 6.45) is 3.17. The third kappa shape index (κ3) is 3.03. The molecule has 1 aliphatic heterocycles. The lowest BCUT2D eigenvalue weighted by Crippen LogP contribution is -2.26. The molecule has 0 aliphatic carbocycles. The van der Waals surface area contributed by atoms with Gasteiger partial charge < -0.3 is 9.47 Å². The highest BCUT2D eigenvalue weighted by atomic mass is 16.7. The maximum atomic E-state index is 5.55. The second kappa shape index (κ2) is 4.66. The van der Waals surface area contributed by atoms with E-state index in [9.17, 15) is 0 Å². The molecule has 0 N–H and O–H groups in total. The zero-order chi connectivity index (χ0) is 9.84. The van der Waals surface area contributed by atoms with Gasteiger partial charge in [0.1, 0.15) is 0 Å². The molecule has 2 atom stereocenters. The molecule has 0 spiro atoms. The molecule has 1 aliphatic rings. The molecule has 0 amide bonds. The minimum Gasteiger partial charge on any atom is -0.470 e. The molecule has 0 aromatic heterocycles. The van der Waals surface area contributed by atoms with Crippen molar-refractivity contribution >= 4 is 0 Å². The van der Waals surface area contributed by atoms with E-state index in [-0.39, 0.29) is 6.29 Å². The second-order valence-corrected chi connectivity index (χ2v) is 3.92. The molecule has 13 heavy (non-hydrogen) atoms. The lowest BCUT2D eigenvalue weighted by atomic mass is 9.90. The molecule has 0 saturated carbocycles. The van der Waals surface area contributed by atoms with E-state index in [2.05, 4.69) is 19.9 Å². The SMILES string of the molecule is CCO[C@@H]1C[C@H](C(C)C)C=C(C)O1. The van der Waals surface area contributed by atoms with Gasteiger partial charge in [0.15, 0.2) is 6.29 Å². The molecule has 0 saturated heterocycles. The molecular formula is C11H20O2. The van der Waals surface area contributed by atoms with Crippen molar-refractivity contribution in [3.05, 3.63) is 11.8 Å². The van der Waals surface area contributed by atoms with Gasteiger partial charge in [0, 0.05) is 13.0 Å². The number of allylic oxidation sites excluding steroid dienone is 2. The summed E-state index contributed by atoms with van der Waals surface area (Å²) in [6.45, 7) is 9.20. The van der Waals surface area contributed by atoms with Gasteiger partial charge in [-0.1, -0.05) is 13.8 Å². The summed E-state index contributed by atoms with van der Waals surface area (Å²) in [7, 11) is 0. The Kier molecular flexibility index (Phi) is 3.79. The van der Waals surface area contributed by atoms with Crippen LogP contribution in [0.3, 0.4) is 0 Å². The van der Waals surface area contributed by atoms with Crippen molar-refractivity contribution in [1.29, 1.82) is 0 Å². The van der Waals surface area contributed by atoms with E-state index in [1.807, 2.05) is 13.8 Å². The Morgan fingerprint density at radius 3 is 2.85 bits per heavy atom. The molecule has 0 aromatic rings. The summed E-state index contributed by atoms with van der Waals surface area (Å²) in [6, 6.07) is 0. The van der Waals surface area contributed by atoms with Crippen LogP contribution in [0.25, 0.3) is 0 Å². The van der Waals surface area contributed by atoms with Crippen LogP contribution in [0, 0.1) is 11.8 Å².